The van der Waals surface area contributed by atoms with Crippen LogP contribution in [0.5, 0.6) is 0 Å². The molecule has 1 aliphatic heterocycles. The fourth-order valence-corrected chi connectivity index (χ4v) is 2.91. The van der Waals surface area contributed by atoms with Crippen LogP contribution in [-0.2, 0) is 4.79 Å². The zero-order chi connectivity index (χ0) is 17.6. The smallest absolute Gasteiger partial charge is 0.289 e. The molecule has 1 fully saturated rings. The molecule has 132 valence electrons. The molecule has 1 aromatic carbocycles. The van der Waals surface area contributed by atoms with Crippen molar-refractivity contribution in [3.63, 3.8) is 0 Å². The summed E-state index contributed by atoms with van der Waals surface area (Å²) >= 11 is 0. The second kappa shape index (κ2) is 7.96. The molecule has 6 nitrogen and oxygen atoms in total. The molecule has 0 aliphatic carbocycles. The number of likely N-dealkylation sites (tertiary alicyclic amines) is 1. The van der Waals surface area contributed by atoms with Crippen molar-refractivity contribution in [2.45, 2.75) is 32.6 Å². The Bertz CT molecular complexity index is 737. The first kappa shape index (κ1) is 17.2. The minimum atomic E-state index is -0.312. The molecule has 2 aromatic rings. The molecule has 2 heterocycles. The minimum Gasteiger partial charge on any atom is -0.350 e. The third-order valence-corrected chi connectivity index (χ3v) is 4.42. The lowest BCUT2D eigenvalue weighted by atomic mass is 10.1. The highest BCUT2D eigenvalue weighted by atomic mass is 16.5. The molecule has 1 aromatic heterocycles. The van der Waals surface area contributed by atoms with Crippen LogP contribution in [0.1, 0.15) is 41.8 Å². The quantitative estimate of drug-likeness (QED) is 0.907. The number of aryl methyl sites for hydroxylation is 1. The predicted octanol–water partition coefficient (Wildman–Crippen LogP) is 2.78. The zero-order valence-corrected chi connectivity index (χ0v) is 14.5. The summed E-state index contributed by atoms with van der Waals surface area (Å²) < 4.78 is 5.15. The number of nitrogens with one attached hydrogen (secondary N) is 1. The van der Waals surface area contributed by atoms with E-state index >= 15 is 0 Å². The third kappa shape index (κ3) is 4.47. The van der Waals surface area contributed by atoms with E-state index in [0.717, 1.165) is 36.9 Å². The molecule has 1 aliphatic rings. The first-order valence-electron chi connectivity index (χ1n) is 8.73. The Kier molecular flexibility index (Phi) is 5.48. The summed E-state index contributed by atoms with van der Waals surface area (Å²) in [7, 11) is 0. The normalized spacial score (nSPS) is 15.1. The summed E-state index contributed by atoms with van der Waals surface area (Å²) in [5.74, 6) is 0.0407. The van der Waals surface area contributed by atoms with Crippen LogP contribution in [0.3, 0.4) is 0 Å². The van der Waals surface area contributed by atoms with Crippen molar-refractivity contribution in [3.8, 4) is 11.3 Å². The van der Waals surface area contributed by atoms with Crippen molar-refractivity contribution < 1.29 is 14.1 Å². The molecule has 0 unspecified atom stereocenters. The van der Waals surface area contributed by atoms with Gasteiger partial charge in [-0.2, -0.15) is 0 Å². The molecule has 0 radical (unpaired) electrons. The van der Waals surface area contributed by atoms with E-state index in [4.69, 9.17) is 4.52 Å². The van der Waals surface area contributed by atoms with Crippen molar-refractivity contribution in [1.82, 2.24) is 15.4 Å². The van der Waals surface area contributed by atoms with Crippen LogP contribution < -0.4 is 5.32 Å². The molecule has 1 N–H and O–H groups in total. The highest BCUT2D eigenvalue weighted by molar-refractivity contribution is 5.92. The third-order valence-electron chi connectivity index (χ3n) is 4.42. The predicted molar refractivity (Wildman–Crippen MR) is 94.1 cm³/mol. The molecular weight excluding hydrogens is 318 g/mol. The van der Waals surface area contributed by atoms with E-state index in [0.29, 0.717) is 25.2 Å². The van der Waals surface area contributed by atoms with Crippen LogP contribution >= 0.6 is 0 Å². The summed E-state index contributed by atoms with van der Waals surface area (Å²) in [6.45, 7) is 3.73. The standard InChI is InChI=1S/C19H23N3O3/c1-14-6-8-15(9-7-14)16-13-17(25-21-16)19(24)20-10-12-22-11-4-2-3-5-18(22)23/h6-9,13H,2-5,10-12H2,1H3,(H,20,24). The van der Waals surface area contributed by atoms with Crippen molar-refractivity contribution >= 4 is 11.8 Å². The molecule has 25 heavy (non-hydrogen) atoms. The number of nitrogens with zero attached hydrogens (tertiary/aromatic N) is 2. The molecule has 0 spiro atoms. The number of benzene rings is 1. The molecular formula is C19H23N3O3. The summed E-state index contributed by atoms with van der Waals surface area (Å²) in [5.41, 5.74) is 2.70. The van der Waals surface area contributed by atoms with Gasteiger partial charge in [-0.25, -0.2) is 0 Å². The molecule has 1 saturated heterocycles. The van der Waals surface area contributed by atoms with E-state index in [9.17, 15) is 9.59 Å². The number of carbonyl (C=O) groups excluding carboxylic acids is 2. The van der Waals surface area contributed by atoms with Gasteiger partial charge in [-0.05, 0) is 19.8 Å². The van der Waals surface area contributed by atoms with Crippen LogP contribution in [0.4, 0.5) is 0 Å². The van der Waals surface area contributed by atoms with E-state index < -0.39 is 0 Å². The number of rotatable bonds is 5. The Labute approximate surface area is 147 Å². The number of hydrogen-bond donors (Lipinski definition) is 1. The van der Waals surface area contributed by atoms with Crippen LogP contribution in [0.15, 0.2) is 34.9 Å². The van der Waals surface area contributed by atoms with Crippen LogP contribution in [0.2, 0.25) is 0 Å². The van der Waals surface area contributed by atoms with Gasteiger partial charge >= 0.3 is 0 Å². The highest BCUT2D eigenvalue weighted by Crippen LogP contribution is 2.19. The Morgan fingerprint density at radius 2 is 2.04 bits per heavy atom. The van der Waals surface area contributed by atoms with E-state index in [-0.39, 0.29) is 17.6 Å². The van der Waals surface area contributed by atoms with Crippen molar-refractivity contribution in [2.24, 2.45) is 0 Å². The van der Waals surface area contributed by atoms with Gasteiger partial charge in [0.25, 0.3) is 5.91 Å². The fraction of sp³-hybridized carbons (Fsp3) is 0.421. The van der Waals surface area contributed by atoms with Gasteiger partial charge < -0.3 is 14.7 Å². The molecule has 6 heteroatoms. The van der Waals surface area contributed by atoms with Gasteiger partial charge in [0.05, 0.1) is 0 Å². The van der Waals surface area contributed by atoms with Gasteiger partial charge in [0.15, 0.2) is 0 Å². The average molecular weight is 341 g/mol. The first-order chi connectivity index (χ1) is 12.1. The molecule has 0 bridgehead atoms. The largest absolute Gasteiger partial charge is 0.350 e. The summed E-state index contributed by atoms with van der Waals surface area (Å²) in [5, 5.41) is 6.75. The number of aromatic nitrogens is 1. The average Bonchev–Trinajstić information content (AvgIpc) is 3.01. The topological polar surface area (TPSA) is 75.4 Å². The van der Waals surface area contributed by atoms with Gasteiger partial charge in [0.1, 0.15) is 5.69 Å². The van der Waals surface area contributed by atoms with E-state index in [1.165, 1.54) is 0 Å². The van der Waals surface area contributed by atoms with Gasteiger partial charge in [-0.3, -0.25) is 9.59 Å². The lowest BCUT2D eigenvalue weighted by Crippen LogP contribution is -2.38. The van der Waals surface area contributed by atoms with E-state index in [2.05, 4.69) is 10.5 Å². The van der Waals surface area contributed by atoms with Crippen molar-refractivity contribution in [2.75, 3.05) is 19.6 Å². The maximum absolute atomic E-state index is 12.2. The monoisotopic (exact) mass is 341 g/mol. The number of carbonyl (C=O) groups is 2. The van der Waals surface area contributed by atoms with Crippen LogP contribution in [0.25, 0.3) is 11.3 Å². The van der Waals surface area contributed by atoms with Gasteiger partial charge in [-0.1, -0.05) is 41.4 Å². The zero-order valence-electron chi connectivity index (χ0n) is 14.5. The lowest BCUT2D eigenvalue weighted by Gasteiger charge is -2.20. The Morgan fingerprint density at radius 1 is 1.24 bits per heavy atom. The second-order valence-electron chi connectivity index (χ2n) is 6.39. The first-order valence-corrected chi connectivity index (χ1v) is 8.73. The van der Waals surface area contributed by atoms with Gasteiger partial charge in [0, 0.05) is 37.7 Å². The Morgan fingerprint density at radius 3 is 2.84 bits per heavy atom. The maximum Gasteiger partial charge on any atom is 0.289 e. The Hall–Kier alpha value is -2.63. The molecule has 3 rings (SSSR count). The SMILES string of the molecule is Cc1ccc(-c2cc(C(=O)NCCN3CCCCCC3=O)on2)cc1. The highest BCUT2D eigenvalue weighted by Gasteiger charge is 2.17. The molecule has 0 atom stereocenters. The summed E-state index contributed by atoms with van der Waals surface area (Å²) in [4.78, 5) is 25.9. The Balaban J connectivity index is 1.53. The number of hydrogen-bond acceptors (Lipinski definition) is 4. The van der Waals surface area contributed by atoms with Gasteiger partial charge in [0.2, 0.25) is 11.7 Å². The molecule has 2 amide bonds. The van der Waals surface area contributed by atoms with Crippen molar-refractivity contribution in [1.29, 1.82) is 0 Å². The lowest BCUT2D eigenvalue weighted by molar-refractivity contribution is -0.130. The second-order valence-corrected chi connectivity index (χ2v) is 6.39. The summed E-state index contributed by atoms with van der Waals surface area (Å²) in [6, 6.07) is 9.50. The molecule has 0 saturated carbocycles. The number of amides is 2. The van der Waals surface area contributed by atoms with E-state index in [1.54, 1.807) is 6.07 Å². The fourth-order valence-electron chi connectivity index (χ4n) is 2.91. The van der Waals surface area contributed by atoms with E-state index in [1.807, 2.05) is 36.1 Å². The minimum absolute atomic E-state index is 0.174. The van der Waals surface area contributed by atoms with Gasteiger partial charge in [-0.15, -0.1) is 0 Å². The maximum atomic E-state index is 12.2. The van der Waals surface area contributed by atoms with Crippen molar-refractivity contribution in [3.05, 3.63) is 41.7 Å². The van der Waals surface area contributed by atoms with Crippen LogP contribution in [0, 0.1) is 6.92 Å². The van der Waals surface area contributed by atoms with Crippen LogP contribution in [-0.4, -0.2) is 41.5 Å². The summed E-state index contributed by atoms with van der Waals surface area (Å²) in [6.07, 6.45) is 3.69.